The average Bonchev–Trinajstić information content (AvgIpc) is 3.29. The van der Waals surface area contributed by atoms with E-state index in [0.717, 1.165) is 37.9 Å². The molecule has 3 nitrogen and oxygen atoms in total. The third-order valence-corrected chi connectivity index (χ3v) is 3.63. The molecule has 0 radical (unpaired) electrons. The predicted molar refractivity (Wildman–Crippen MR) is 84.2 cm³/mol. The highest BCUT2D eigenvalue weighted by atomic mass is 16.5. The molecule has 1 fully saturated rings. The largest absolute Gasteiger partial charge is 0.494 e. The van der Waals surface area contributed by atoms with Crippen molar-refractivity contribution < 1.29 is 4.74 Å². The van der Waals surface area contributed by atoms with Gasteiger partial charge in [-0.05, 0) is 43.9 Å². The molecule has 0 bridgehead atoms. The molecule has 112 valence electrons. The monoisotopic (exact) mass is 276 g/mol. The van der Waals surface area contributed by atoms with E-state index in [9.17, 15) is 0 Å². The fourth-order valence-corrected chi connectivity index (χ4v) is 2.03. The maximum atomic E-state index is 5.67. The lowest BCUT2D eigenvalue weighted by Crippen LogP contribution is -2.36. The molecule has 1 saturated carbocycles. The minimum atomic E-state index is 0.510. The van der Waals surface area contributed by atoms with Crippen molar-refractivity contribution in [3.8, 4) is 5.75 Å². The molecule has 1 aromatic rings. The topological polar surface area (TPSA) is 33.3 Å². The molecule has 0 heterocycles. The molecule has 1 aliphatic rings. The number of rotatable bonds is 10. The van der Waals surface area contributed by atoms with Gasteiger partial charge in [-0.25, -0.2) is 0 Å². The molecule has 0 saturated heterocycles. The van der Waals surface area contributed by atoms with E-state index < -0.39 is 0 Å². The Morgan fingerprint density at radius 1 is 1.25 bits per heavy atom. The van der Waals surface area contributed by atoms with E-state index in [0.29, 0.717) is 6.04 Å². The second-order valence-electron chi connectivity index (χ2n) is 5.81. The number of nitrogens with one attached hydrogen (secondary N) is 2. The highest BCUT2D eigenvalue weighted by Gasteiger charge is 2.20. The zero-order valence-corrected chi connectivity index (χ0v) is 12.8. The molecule has 20 heavy (non-hydrogen) atoms. The van der Waals surface area contributed by atoms with Crippen LogP contribution in [0.3, 0.4) is 0 Å². The second kappa shape index (κ2) is 8.28. The Kier molecular flexibility index (Phi) is 6.34. The van der Waals surface area contributed by atoms with Crippen molar-refractivity contribution >= 4 is 0 Å². The Morgan fingerprint density at radius 2 is 2.00 bits per heavy atom. The molecule has 0 amide bonds. The summed E-state index contributed by atoms with van der Waals surface area (Å²) in [5.41, 5.74) is 1.31. The quantitative estimate of drug-likeness (QED) is 0.644. The van der Waals surface area contributed by atoms with Crippen LogP contribution in [0.1, 0.15) is 45.1 Å². The smallest absolute Gasteiger partial charge is 0.119 e. The van der Waals surface area contributed by atoms with Crippen LogP contribution in [-0.2, 0) is 6.54 Å². The molecule has 0 aliphatic heterocycles. The van der Waals surface area contributed by atoms with Gasteiger partial charge in [-0.1, -0.05) is 25.5 Å². The van der Waals surface area contributed by atoms with Crippen molar-refractivity contribution in [1.82, 2.24) is 10.6 Å². The van der Waals surface area contributed by atoms with Gasteiger partial charge in [0, 0.05) is 25.2 Å². The van der Waals surface area contributed by atoms with Crippen molar-refractivity contribution in [1.29, 1.82) is 0 Å². The third kappa shape index (κ3) is 5.93. The number of unbranched alkanes of at least 4 members (excludes halogenated alkanes) is 1. The Labute approximate surface area is 123 Å². The van der Waals surface area contributed by atoms with Gasteiger partial charge < -0.3 is 15.4 Å². The van der Waals surface area contributed by atoms with Gasteiger partial charge in [0.1, 0.15) is 5.75 Å². The van der Waals surface area contributed by atoms with Gasteiger partial charge in [-0.3, -0.25) is 0 Å². The van der Waals surface area contributed by atoms with Crippen LogP contribution >= 0.6 is 0 Å². The van der Waals surface area contributed by atoms with E-state index >= 15 is 0 Å². The van der Waals surface area contributed by atoms with E-state index in [-0.39, 0.29) is 0 Å². The fourth-order valence-electron chi connectivity index (χ4n) is 2.03. The van der Waals surface area contributed by atoms with Crippen LogP contribution in [0.25, 0.3) is 0 Å². The summed E-state index contributed by atoms with van der Waals surface area (Å²) in [6.45, 7) is 7.21. The molecular weight excluding hydrogens is 248 g/mol. The summed E-state index contributed by atoms with van der Waals surface area (Å²) >= 11 is 0. The van der Waals surface area contributed by atoms with Gasteiger partial charge in [0.2, 0.25) is 0 Å². The van der Waals surface area contributed by atoms with Gasteiger partial charge in [0.05, 0.1) is 6.61 Å². The van der Waals surface area contributed by atoms with Crippen molar-refractivity contribution in [2.24, 2.45) is 0 Å². The standard InChI is InChI=1S/C17H28N2O/c1-3-4-11-20-17-9-5-15(6-10-17)13-18-14(2)12-19-16-7-8-16/h5-6,9-10,14,16,18-19H,3-4,7-8,11-13H2,1-2H3. The van der Waals surface area contributed by atoms with E-state index in [1.54, 1.807) is 0 Å². The maximum absolute atomic E-state index is 5.67. The van der Waals surface area contributed by atoms with Gasteiger partial charge in [0.15, 0.2) is 0 Å². The van der Waals surface area contributed by atoms with E-state index in [1.807, 2.05) is 0 Å². The van der Waals surface area contributed by atoms with Gasteiger partial charge >= 0.3 is 0 Å². The van der Waals surface area contributed by atoms with Crippen molar-refractivity contribution in [2.45, 2.75) is 58.2 Å². The van der Waals surface area contributed by atoms with Gasteiger partial charge in [-0.15, -0.1) is 0 Å². The molecule has 0 aromatic heterocycles. The minimum absolute atomic E-state index is 0.510. The lowest BCUT2D eigenvalue weighted by Gasteiger charge is -2.14. The van der Waals surface area contributed by atoms with Gasteiger partial charge in [-0.2, -0.15) is 0 Å². The first-order valence-corrected chi connectivity index (χ1v) is 7.96. The summed E-state index contributed by atoms with van der Waals surface area (Å²) in [6, 6.07) is 9.74. The summed E-state index contributed by atoms with van der Waals surface area (Å²) in [5.74, 6) is 0.977. The van der Waals surface area contributed by atoms with Crippen LogP contribution in [0.5, 0.6) is 5.75 Å². The Hall–Kier alpha value is -1.06. The molecule has 1 atom stereocenters. The van der Waals surface area contributed by atoms with Crippen LogP contribution in [0.15, 0.2) is 24.3 Å². The third-order valence-electron chi connectivity index (χ3n) is 3.63. The zero-order valence-electron chi connectivity index (χ0n) is 12.8. The molecule has 0 spiro atoms. The summed E-state index contributed by atoms with van der Waals surface area (Å²) in [6.07, 6.45) is 5.00. The summed E-state index contributed by atoms with van der Waals surface area (Å²) in [7, 11) is 0. The van der Waals surface area contributed by atoms with E-state index in [1.165, 1.54) is 24.8 Å². The Morgan fingerprint density at radius 3 is 2.65 bits per heavy atom. The molecule has 1 aliphatic carbocycles. The summed E-state index contributed by atoms with van der Waals surface area (Å²) in [4.78, 5) is 0. The highest BCUT2D eigenvalue weighted by molar-refractivity contribution is 5.27. The van der Waals surface area contributed by atoms with Crippen molar-refractivity contribution in [3.05, 3.63) is 29.8 Å². The maximum Gasteiger partial charge on any atom is 0.119 e. The average molecular weight is 276 g/mol. The second-order valence-corrected chi connectivity index (χ2v) is 5.81. The molecule has 1 aromatic carbocycles. The number of benzene rings is 1. The van der Waals surface area contributed by atoms with Gasteiger partial charge in [0.25, 0.3) is 0 Å². The lowest BCUT2D eigenvalue weighted by atomic mass is 10.2. The Bertz CT molecular complexity index is 373. The summed E-state index contributed by atoms with van der Waals surface area (Å²) < 4.78 is 5.67. The van der Waals surface area contributed by atoms with Crippen LogP contribution < -0.4 is 15.4 Å². The molecule has 2 rings (SSSR count). The first kappa shape index (κ1) is 15.3. The molecular formula is C17H28N2O. The SMILES string of the molecule is CCCCOc1ccc(CNC(C)CNC2CC2)cc1. The molecule has 1 unspecified atom stereocenters. The van der Waals surface area contributed by atoms with Crippen LogP contribution in [-0.4, -0.2) is 25.2 Å². The van der Waals surface area contributed by atoms with Crippen LogP contribution in [0.2, 0.25) is 0 Å². The predicted octanol–water partition coefficient (Wildman–Crippen LogP) is 3.10. The van der Waals surface area contributed by atoms with Crippen LogP contribution in [0, 0.1) is 0 Å². The minimum Gasteiger partial charge on any atom is -0.494 e. The number of hydrogen-bond acceptors (Lipinski definition) is 3. The number of ether oxygens (including phenoxy) is 1. The van der Waals surface area contributed by atoms with Crippen molar-refractivity contribution in [2.75, 3.05) is 13.2 Å². The van der Waals surface area contributed by atoms with E-state index in [2.05, 4.69) is 48.7 Å². The highest BCUT2D eigenvalue weighted by Crippen LogP contribution is 2.18. The van der Waals surface area contributed by atoms with Crippen LogP contribution in [0.4, 0.5) is 0 Å². The number of hydrogen-bond donors (Lipinski definition) is 2. The lowest BCUT2D eigenvalue weighted by molar-refractivity contribution is 0.309. The van der Waals surface area contributed by atoms with E-state index in [4.69, 9.17) is 4.74 Å². The molecule has 3 heteroatoms. The fraction of sp³-hybridized carbons (Fsp3) is 0.647. The zero-order chi connectivity index (χ0) is 14.2. The molecule has 2 N–H and O–H groups in total. The first-order valence-electron chi connectivity index (χ1n) is 7.96. The normalized spacial score (nSPS) is 16.1. The summed E-state index contributed by atoms with van der Waals surface area (Å²) in [5, 5.41) is 7.10. The first-order chi connectivity index (χ1) is 9.78. The Balaban J connectivity index is 1.64. The van der Waals surface area contributed by atoms with Crippen molar-refractivity contribution in [3.63, 3.8) is 0 Å².